The minimum absolute atomic E-state index is 0.0122. The summed E-state index contributed by atoms with van der Waals surface area (Å²) in [5, 5.41) is 3.40. The third-order valence-corrected chi connectivity index (χ3v) is 5.87. The molecular weight excluding hydrogens is 442 g/mol. The van der Waals surface area contributed by atoms with Crippen LogP contribution in [-0.2, 0) is 11.2 Å². The Kier molecular flexibility index (Phi) is 7.41. The molecule has 2 aromatic heterocycles. The van der Waals surface area contributed by atoms with E-state index in [1.807, 2.05) is 24.3 Å². The van der Waals surface area contributed by atoms with Crippen LogP contribution in [0, 0.1) is 0 Å². The van der Waals surface area contributed by atoms with Crippen molar-refractivity contribution < 1.29 is 9.53 Å². The maximum absolute atomic E-state index is 12.8. The molecule has 1 aliphatic heterocycles. The molecule has 1 aromatic carbocycles. The monoisotopic (exact) mass is 469 g/mol. The standard InChI is InChI=1S/C23H28ClN7O2/c1-29-10-11-31(21-14-20(24)27-23(28-21)30-9-8-25-16-30)18(15-29)13-22(32)26-7-6-17-4-3-5-19(12-17)33-2/h3-5,8-9,12,14,16,18H,6-7,10-11,13,15H2,1-2H3,(H,26,32). The summed E-state index contributed by atoms with van der Waals surface area (Å²) in [4.78, 5) is 30.2. The number of likely N-dealkylation sites (N-methyl/N-ethyl adjacent to an activating group) is 1. The van der Waals surface area contributed by atoms with Gasteiger partial charge < -0.3 is 19.9 Å². The molecule has 9 nitrogen and oxygen atoms in total. The van der Waals surface area contributed by atoms with Gasteiger partial charge in [-0.3, -0.25) is 9.36 Å². The molecule has 0 spiro atoms. The molecule has 33 heavy (non-hydrogen) atoms. The lowest BCUT2D eigenvalue weighted by molar-refractivity contribution is -0.121. The Morgan fingerprint density at radius 1 is 1.27 bits per heavy atom. The zero-order valence-corrected chi connectivity index (χ0v) is 19.6. The van der Waals surface area contributed by atoms with Crippen LogP contribution in [0.1, 0.15) is 12.0 Å². The number of amides is 1. The lowest BCUT2D eigenvalue weighted by Crippen LogP contribution is -2.54. The first-order valence-electron chi connectivity index (χ1n) is 10.9. The van der Waals surface area contributed by atoms with Crippen LogP contribution in [-0.4, -0.2) is 76.7 Å². The van der Waals surface area contributed by atoms with Crippen molar-refractivity contribution in [2.45, 2.75) is 18.9 Å². The van der Waals surface area contributed by atoms with Crippen LogP contribution in [0.3, 0.4) is 0 Å². The number of carbonyl (C=O) groups is 1. The van der Waals surface area contributed by atoms with E-state index in [1.54, 1.807) is 36.5 Å². The molecule has 1 aliphatic rings. The van der Waals surface area contributed by atoms with Crippen molar-refractivity contribution in [1.29, 1.82) is 0 Å². The summed E-state index contributed by atoms with van der Waals surface area (Å²) < 4.78 is 6.98. The van der Waals surface area contributed by atoms with E-state index in [0.717, 1.165) is 37.4 Å². The van der Waals surface area contributed by atoms with E-state index in [4.69, 9.17) is 21.3 Å². The number of benzene rings is 1. The third kappa shape index (κ3) is 6.00. The van der Waals surface area contributed by atoms with Crippen LogP contribution in [0.15, 0.2) is 49.1 Å². The first kappa shape index (κ1) is 23.0. The van der Waals surface area contributed by atoms with E-state index in [9.17, 15) is 4.79 Å². The first-order chi connectivity index (χ1) is 16.0. The highest BCUT2D eigenvalue weighted by molar-refractivity contribution is 6.29. The van der Waals surface area contributed by atoms with E-state index in [0.29, 0.717) is 29.9 Å². The average molecular weight is 470 g/mol. The molecule has 0 aliphatic carbocycles. The fourth-order valence-electron chi connectivity index (χ4n) is 3.98. The first-order valence-corrected chi connectivity index (χ1v) is 11.3. The zero-order chi connectivity index (χ0) is 23.2. The molecule has 0 bridgehead atoms. The van der Waals surface area contributed by atoms with Crippen molar-refractivity contribution in [3.05, 3.63) is 59.8 Å². The van der Waals surface area contributed by atoms with Gasteiger partial charge in [0.15, 0.2) is 0 Å². The van der Waals surface area contributed by atoms with Crippen molar-refractivity contribution in [3.63, 3.8) is 0 Å². The summed E-state index contributed by atoms with van der Waals surface area (Å²) in [5.74, 6) is 1.99. The highest BCUT2D eigenvalue weighted by atomic mass is 35.5. The maximum Gasteiger partial charge on any atom is 0.238 e. The van der Waals surface area contributed by atoms with Crippen molar-refractivity contribution in [2.75, 3.05) is 45.2 Å². The van der Waals surface area contributed by atoms with Gasteiger partial charge in [0.2, 0.25) is 11.9 Å². The minimum Gasteiger partial charge on any atom is -0.497 e. The zero-order valence-electron chi connectivity index (χ0n) is 18.8. The molecule has 0 saturated carbocycles. The maximum atomic E-state index is 12.8. The normalized spacial score (nSPS) is 16.6. The number of hydrogen-bond donors (Lipinski definition) is 1. The molecule has 1 saturated heterocycles. The van der Waals surface area contributed by atoms with E-state index < -0.39 is 0 Å². The van der Waals surface area contributed by atoms with Gasteiger partial charge in [0.05, 0.1) is 13.2 Å². The van der Waals surface area contributed by atoms with Crippen molar-refractivity contribution in [3.8, 4) is 11.7 Å². The molecule has 174 valence electrons. The van der Waals surface area contributed by atoms with E-state index in [2.05, 4.69) is 32.1 Å². The van der Waals surface area contributed by atoms with Crippen LogP contribution in [0.5, 0.6) is 5.75 Å². The van der Waals surface area contributed by atoms with Gasteiger partial charge >= 0.3 is 0 Å². The van der Waals surface area contributed by atoms with Gasteiger partial charge in [-0.2, -0.15) is 4.98 Å². The van der Waals surface area contributed by atoms with E-state index in [1.165, 1.54) is 0 Å². The van der Waals surface area contributed by atoms with Gasteiger partial charge in [0.25, 0.3) is 0 Å². The Hall–Kier alpha value is -3.17. The molecule has 1 unspecified atom stereocenters. The average Bonchev–Trinajstić information content (AvgIpc) is 3.34. The number of nitrogens with zero attached hydrogens (tertiary/aromatic N) is 6. The molecule has 1 amide bonds. The number of imidazole rings is 1. The molecule has 0 radical (unpaired) electrons. The van der Waals surface area contributed by atoms with Crippen molar-refractivity contribution in [1.82, 2.24) is 29.7 Å². The second-order valence-electron chi connectivity index (χ2n) is 8.08. The van der Waals surface area contributed by atoms with Crippen LogP contribution in [0.2, 0.25) is 5.15 Å². The molecule has 3 aromatic rings. The number of methoxy groups -OCH3 is 1. The second-order valence-corrected chi connectivity index (χ2v) is 8.47. The fraction of sp³-hybridized carbons (Fsp3) is 0.391. The van der Waals surface area contributed by atoms with E-state index in [-0.39, 0.29) is 11.9 Å². The van der Waals surface area contributed by atoms with Gasteiger partial charge in [-0.15, -0.1) is 0 Å². The SMILES string of the molecule is COc1cccc(CCNC(=O)CC2CN(C)CCN2c2cc(Cl)nc(-n3ccnc3)n2)c1. The predicted molar refractivity (Wildman–Crippen MR) is 127 cm³/mol. The number of rotatable bonds is 8. The highest BCUT2D eigenvalue weighted by Gasteiger charge is 2.29. The molecule has 1 N–H and O–H groups in total. The highest BCUT2D eigenvalue weighted by Crippen LogP contribution is 2.23. The summed E-state index contributed by atoms with van der Waals surface area (Å²) in [5.41, 5.74) is 1.12. The van der Waals surface area contributed by atoms with Gasteiger partial charge in [0.1, 0.15) is 23.0 Å². The molecule has 3 heterocycles. The molecule has 4 rings (SSSR count). The Labute approximate surface area is 198 Å². The number of aromatic nitrogens is 4. The number of carbonyl (C=O) groups excluding carboxylic acids is 1. The van der Waals surface area contributed by atoms with Gasteiger partial charge in [-0.1, -0.05) is 23.7 Å². The number of halogens is 1. The lowest BCUT2D eigenvalue weighted by atomic mass is 10.1. The predicted octanol–water partition coefficient (Wildman–Crippen LogP) is 2.19. The Morgan fingerprint density at radius 3 is 2.94 bits per heavy atom. The van der Waals surface area contributed by atoms with Crippen molar-refractivity contribution in [2.24, 2.45) is 0 Å². The third-order valence-electron chi connectivity index (χ3n) is 5.68. The quantitative estimate of drug-likeness (QED) is 0.506. The summed E-state index contributed by atoms with van der Waals surface area (Å²) in [6.45, 7) is 2.94. The number of ether oxygens (including phenoxy) is 1. The summed E-state index contributed by atoms with van der Waals surface area (Å²) >= 11 is 6.31. The topological polar surface area (TPSA) is 88.4 Å². The Morgan fingerprint density at radius 2 is 2.15 bits per heavy atom. The largest absolute Gasteiger partial charge is 0.497 e. The number of anilines is 1. The van der Waals surface area contributed by atoms with Crippen LogP contribution >= 0.6 is 11.6 Å². The Balaban J connectivity index is 1.41. The summed E-state index contributed by atoms with van der Waals surface area (Å²) in [6.07, 6.45) is 6.18. The van der Waals surface area contributed by atoms with E-state index >= 15 is 0 Å². The smallest absolute Gasteiger partial charge is 0.238 e. The fourth-order valence-corrected chi connectivity index (χ4v) is 4.15. The van der Waals surface area contributed by atoms with Gasteiger partial charge in [-0.25, -0.2) is 9.97 Å². The van der Waals surface area contributed by atoms with Crippen LogP contribution < -0.4 is 15.0 Å². The second kappa shape index (κ2) is 10.6. The summed E-state index contributed by atoms with van der Waals surface area (Å²) in [6, 6.07) is 9.61. The molecule has 1 fully saturated rings. The van der Waals surface area contributed by atoms with Crippen LogP contribution in [0.25, 0.3) is 5.95 Å². The van der Waals surface area contributed by atoms with Crippen LogP contribution in [0.4, 0.5) is 5.82 Å². The lowest BCUT2D eigenvalue weighted by Gasteiger charge is -2.40. The van der Waals surface area contributed by atoms with Gasteiger partial charge in [0, 0.05) is 51.1 Å². The molecule has 10 heteroatoms. The molecule has 1 atom stereocenters. The number of piperazine rings is 1. The molecular formula is C23H28ClN7O2. The summed E-state index contributed by atoms with van der Waals surface area (Å²) in [7, 11) is 3.71. The Bertz CT molecular complexity index is 1080. The number of hydrogen-bond acceptors (Lipinski definition) is 7. The van der Waals surface area contributed by atoms with Crippen molar-refractivity contribution >= 4 is 23.3 Å². The number of nitrogens with one attached hydrogen (secondary N) is 1. The van der Waals surface area contributed by atoms with Gasteiger partial charge in [-0.05, 0) is 31.2 Å². The minimum atomic E-state index is -0.0258.